The molecule has 0 saturated carbocycles. The van der Waals surface area contributed by atoms with Gasteiger partial charge in [0.25, 0.3) is 0 Å². The summed E-state index contributed by atoms with van der Waals surface area (Å²) in [7, 11) is 1.40. The minimum absolute atomic E-state index is 0.282. The number of benzene rings is 2. The van der Waals surface area contributed by atoms with Crippen LogP contribution in [0.1, 0.15) is 20.8 Å². The van der Waals surface area contributed by atoms with Crippen LogP contribution >= 0.6 is 11.3 Å². The van der Waals surface area contributed by atoms with E-state index in [-0.39, 0.29) is 5.97 Å². The lowest BCUT2D eigenvalue weighted by atomic mass is 10.1. The summed E-state index contributed by atoms with van der Waals surface area (Å²) in [6.45, 7) is 1.81. The summed E-state index contributed by atoms with van der Waals surface area (Å²) in [5.41, 5.74) is 3.72. The second-order valence-corrected chi connectivity index (χ2v) is 6.85. The number of carbonyl (C=O) groups is 1. The zero-order valence-electron chi connectivity index (χ0n) is 14.2. The fourth-order valence-electron chi connectivity index (χ4n) is 2.60. The first kappa shape index (κ1) is 17.4. The van der Waals surface area contributed by atoms with Crippen molar-refractivity contribution in [3.63, 3.8) is 0 Å². The third kappa shape index (κ3) is 4.78. The molecule has 3 rings (SSSR count). The smallest absolute Gasteiger partial charge is 0.348 e. The number of rotatable bonds is 7. The molecule has 4 heteroatoms. The molecular formula is C21H21NO2S. The highest BCUT2D eigenvalue weighted by molar-refractivity contribution is 7.17. The van der Waals surface area contributed by atoms with Gasteiger partial charge in [-0.2, -0.15) is 0 Å². The highest BCUT2D eigenvalue weighted by atomic mass is 32.1. The van der Waals surface area contributed by atoms with E-state index in [9.17, 15) is 4.79 Å². The van der Waals surface area contributed by atoms with Gasteiger partial charge in [0, 0.05) is 11.4 Å². The Morgan fingerprint density at radius 1 is 0.960 bits per heavy atom. The van der Waals surface area contributed by atoms with Gasteiger partial charge in [0.2, 0.25) is 0 Å². The Labute approximate surface area is 152 Å². The van der Waals surface area contributed by atoms with Crippen molar-refractivity contribution in [1.29, 1.82) is 0 Å². The van der Waals surface area contributed by atoms with Crippen molar-refractivity contribution in [2.45, 2.75) is 13.0 Å². The summed E-state index contributed by atoms with van der Waals surface area (Å²) in [5.74, 6) is -0.282. The monoisotopic (exact) mass is 351 g/mol. The number of ether oxygens (including phenoxy) is 1. The number of hydrogen-bond acceptors (Lipinski definition) is 4. The molecular weight excluding hydrogens is 330 g/mol. The second kappa shape index (κ2) is 8.60. The lowest BCUT2D eigenvalue weighted by Crippen LogP contribution is -2.16. The van der Waals surface area contributed by atoms with Crippen LogP contribution in [0.15, 0.2) is 66.7 Å². The summed E-state index contributed by atoms with van der Waals surface area (Å²) < 4.78 is 4.75. The van der Waals surface area contributed by atoms with Gasteiger partial charge in [-0.05, 0) is 41.8 Å². The van der Waals surface area contributed by atoms with E-state index >= 15 is 0 Å². The van der Waals surface area contributed by atoms with Gasteiger partial charge in [-0.25, -0.2) is 4.79 Å². The van der Waals surface area contributed by atoms with Gasteiger partial charge < -0.3 is 10.1 Å². The van der Waals surface area contributed by atoms with Crippen LogP contribution in [0.4, 0.5) is 0 Å². The molecule has 0 atom stereocenters. The molecule has 0 aliphatic heterocycles. The Balaban J connectivity index is 1.52. The largest absolute Gasteiger partial charge is 0.465 e. The maximum atomic E-state index is 11.5. The maximum absolute atomic E-state index is 11.5. The quantitative estimate of drug-likeness (QED) is 0.502. The Morgan fingerprint density at radius 3 is 2.44 bits per heavy atom. The Kier molecular flexibility index (Phi) is 5.99. The van der Waals surface area contributed by atoms with Gasteiger partial charge in [-0.1, -0.05) is 54.6 Å². The summed E-state index contributed by atoms with van der Waals surface area (Å²) >= 11 is 1.45. The fraction of sp³-hybridized carbons (Fsp3) is 0.190. The van der Waals surface area contributed by atoms with Crippen molar-refractivity contribution in [2.24, 2.45) is 0 Å². The predicted octanol–water partition coefficient (Wildman–Crippen LogP) is 4.53. The molecule has 0 radical (unpaired) electrons. The van der Waals surface area contributed by atoms with Gasteiger partial charge in [-0.3, -0.25) is 0 Å². The van der Waals surface area contributed by atoms with E-state index in [0.717, 1.165) is 30.0 Å². The third-order valence-corrected chi connectivity index (χ3v) is 5.11. The first-order chi connectivity index (χ1) is 12.3. The van der Waals surface area contributed by atoms with E-state index in [2.05, 4.69) is 53.8 Å². The van der Waals surface area contributed by atoms with Crippen molar-refractivity contribution in [3.05, 3.63) is 82.7 Å². The molecule has 1 N–H and O–H groups in total. The topological polar surface area (TPSA) is 38.3 Å². The highest BCUT2D eigenvalue weighted by Crippen LogP contribution is 2.28. The molecule has 0 saturated heterocycles. The van der Waals surface area contributed by atoms with Gasteiger partial charge in [0.15, 0.2) is 0 Å². The maximum Gasteiger partial charge on any atom is 0.348 e. The average molecular weight is 351 g/mol. The van der Waals surface area contributed by atoms with Crippen molar-refractivity contribution >= 4 is 17.3 Å². The van der Waals surface area contributed by atoms with Crippen LogP contribution in [-0.4, -0.2) is 19.6 Å². The first-order valence-corrected chi connectivity index (χ1v) is 9.10. The lowest BCUT2D eigenvalue weighted by Gasteiger charge is -2.06. The van der Waals surface area contributed by atoms with Crippen molar-refractivity contribution in [1.82, 2.24) is 5.32 Å². The second-order valence-electron chi connectivity index (χ2n) is 5.76. The fourth-order valence-corrected chi connectivity index (χ4v) is 3.53. The van der Waals surface area contributed by atoms with Gasteiger partial charge in [0.05, 0.1) is 7.11 Å². The minimum atomic E-state index is -0.282. The molecule has 1 heterocycles. The normalized spacial score (nSPS) is 10.6. The average Bonchev–Trinajstić information content (AvgIpc) is 3.16. The molecule has 3 nitrogen and oxygen atoms in total. The van der Waals surface area contributed by atoms with Crippen LogP contribution in [0.2, 0.25) is 0 Å². The van der Waals surface area contributed by atoms with E-state index in [1.807, 2.05) is 18.2 Å². The van der Waals surface area contributed by atoms with Crippen LogP contribution < -0.4 is 5.32 Å². The molecule has 0 fully saturated rings. The van der Waals surface area contributed by atoms with Gasteiger partial charge in [0.1, 0.15) is 4.88 Å². The number of hydrogen-bond donors (Lipinski definition) is 1. The van der Waals surface area contributed by atoms with E-state index in [1.165, 1.54) is 29.6 Å². The minimum Gasteiger partial charge on any atom is -0.465 e. The van der Waals surface area contributed by atoms with E-state index in [4.69, 9.17) is 4.74 Å². The van der Waals surface area contributed by atoms with Crippen LogP contribution in [0, 0.1) is 0 Å². The molecule has 0 amide bonds. The van der Waals surface area contributed by atoms with Crippen molar-refractivity contribution < 1.29 is 9.53 Å². The van der Waals surface area contributed by atoms with Crippen LogP contribution in [0.5, 0.6) is 0 Å². The predicted molar refractivity (Wildman–Crippen MR) is 103 cm³/mol. The van der Waals surface area contributed by atoms with Crippen LogP contribution in [0.25, 0.3) is 10.4 Å². The molecule has 0 spiro atoms. The van der Waals surface area contributed by atoms with E-state index in [0.29, 0.717) is 4.88 Å². The molecule has 0 aliphatic rings. The zero-order chi connectivity index (χ0) is 17.5. The first-order valence-electron chi connectivity index (χ1n) is 8.28. The van der Waals surface area contributed by atoms with E-state index < -0.39 is 0 Å². The van der Waals surface area contributed by atoms with Crippen molar-refractivity contribution in [3.8, 4) is 10.4 Å². The summed E-state index contributed by atoms with van der Waals surface area (Å²) in [6, 6.07) is 22.7. The summed E-state index contributed by atoms with van der Waals surface area (Å²) in [4.78, 5) is 13.2. The molecule has 0 unspecified atom stereocenters. The van der Waals surface area contributed by atoms with Crippen LogP contribution in [-0.2, 0) is 17.7 Å². The van der Waals surface area contributed by atoms with E-state index in [1.54, 1.807) is 0 Å². The third-order valence-electron chi connectivity index (χ3n) is 3.99. The molecule has 0 aliphatic carbocycles. The molecule has 0 bridgehead atoms. The Hall–Kier alpha value is -2.43. The number of nitrogens with one attached hydrogen (secondary N) is 1. The number of methoxy groups -OCH3 is 1. The summed E-state index contributed by atoms with van der Waals surface area (Å²) in [5, 5.41) is 3.48. The van der Waals surface area contributed by atoms with Gasteiger partial charge in [-0.15, -0.1) is 11.3 Å². The van der Waals surface area contributed by atoms with Crippen LogP contribution in [0.3, 0.4) is 0 Å². The molecule has 2 aromatic carbocycles. The van der Waals surface area contributed by atoms with Gasteiger partial charge >= 0.3 is 5.97 Å². The molecule has 25 heavy (non-hydrogen) atoms. The lowest BCUT2D eigenvalue weighted by molar-refractivity contribution is 0.0606. The Bertz CT molecular complexity index is 809. The number of carbonyl (C=O) groups excluding carboxylic acids is 1. The Morgan fingerprint density at radius 2 is 1.72 bits per heavy atom. The van der Waals surface area contributed by atoms with Crippen molar-refractivity contribution in [2.75, 3.05) is 13.7 Å². The molecule has 128 valence electrons. The standard InChI is InChI=1S/C21H21NO2S/c1-24-21(23)20-12-11-19(25-20)18-9-7-17(8-10-18)15-22-14-13-16-5-3-2-4-6-16/h2-12,22H,13-15H2,1H3. The zero-order valence-corrected chi connectivity index (χ0v) is 15.0. The number of esters is 1. The SMILES string of the molecule is COC(=O)c1ccc(-c2ccc(CNCCc3ccccc3)cc2)s1. The highest BCUT2D eigenvalue weighted by Gasteiger charge is 2.10. The molecule has 1 aromatic heterocycles. The number of thiophene rings is 1. The summed E-state index contributed by atoms with van der Waals surface area (Å²) in [6.07, 6.45) is 1.03. The molecule has 3 aromatic rings.